The molecule has 1 heterocycles. The second-order valence-electron chi connectivity index (χ2n) is 3.66. The van der Waals surface area contributed by atoms with E-state index in [0.717, 1.165) is 38.4 Å². The molecule has 0 amide bonds. The first-order valence-electron chi connectivity index (χ1n) is 5.03. The highest BCUT2D eigenvalue weighted by Gasteiger charge is 2.12. The summed E-state index contributed by atoms with van der Waals surface area (Å²) in [6, 6.07) is 5.25. The number of halogens is 1. The van der Waals surface area contributed by atoms with Crippen molar-refractivity contribution in [2.24, 2.45) is 0 Å². The first kappa shape index (κ1) is 10.7. The van der Waals surface area contributed by atoms with Gasteiger partial charge in [-0.3, -0.25) is 4.90 Å². The minimum Gasteiger partial charge on any atom is -0.508 e. The van der Waals surface area contributed by atoms with Gasteiger partial charge in [0.05, 0.1) is 13.2 Å². The van der Waals surface area contributed by atoms with Crippen molar-refractivity contribution in [2.45, 2.75) is 6.54 Å². The molecular formula is C11H14ClNO2. The predicted molar refractivity (Wildman–Crippen MR) is 59.2 cm³/mol. The molecule has 1 aromatic rings. The second-order valence-corrected chi connectivity index (χ2v) is 4.10. The van der Waals surface area contributed by atoms with Crippen molar-refractivity contribution < 1.29 is 9.84 Å². The van der Waals surface area contributed by atoms with E-state index in [0.29, 0.717) is 5.02 Å². The third-order valence-corrected chi connectivity index (χ3v) is 2.78. The molecule has 4 heteroatoms. The van der Waals surface area contributed by atoms with Gasteiger partial charge < -0.3 is 9.84 Å². The fraction of sp³-hybridized carbons (Fsp3) is 0.455. The van der Waals surface area contributed by atoms with Gasteiger partial charge in [-0.05, 0) is 12.1 Å². The zero-order valence-electron chi connectivity index (χ0n) is 8.45. The number of benzene rings is 1. The van der Waals surface area contributed by atoms with Crippen LogP contribution in [0.1, 0.15) is 5.56 Å². The Morgan fingerprint density at radius 2 is 2.07 bits per heavy atom. The molecule has 0 radical (unpaired) electrons. The van der Waals surface area contributed by atoms with Gasteiger partial charge in [0.1, 0.15) is 5.75 Å². The van der Waals surface area contributed by atoms with Gasteiger partial charge in [0, 0.05) is 30.2 Å². The molecule has 1 aliphatic heterocycles. The van der Waals surface area contributed by atoms with E-state index in [1.807, 2.05) is 6.07 Å². The summed E-state index contributed by atoms with van der Waals surface area (Å²) in [7, 11) is 0. The van der Waals surface area contributed by atoms with Crippen LogP contribution < -0.4 is 0 Å². The van der Waals surface area contributed by atoms with E-state index in [4.69, 9.17) is 16.3 Å². The van der Waals surface area contributed by atoms with Crippen LogP contribution in [-0.2, 0) is 11.3 Å². The quantitative estimate of drug-likeness (QED) is 0.838. The Labute approximate surface area is 94.2 Å². The van der Waals surface area contributed by atoms with E-state index in [2.05, 4.69) is 4.90 Å². The molecule has 15 heavy (non-hydrogen) atoms. The molecule has 0 aromatic heterocycles. The number of phenols is 1. The molecule has 0 aliphatic carbocycles. The maximum atomic E-state index is 9.68. The van der Waals surface area contributed by atoms with Crippen LogP contribution in [0.3, 0.4) is 0 Å². The number of nitrogens with zero attached hydrogens (tertiary/aromatic N) is 1. The first-order chi connectivity index (χ1) is 7.25. The Hall–Kier alpha value is -0.770. The summed E-state index contributed by atoms with van der Waals surface area (Å²) in [5.41, 5.74) is 0.918. The summed E-state index contributed by atoms with van der Waals surface area (Å²) in [5.74, 6) is 0.272. The molecule has 82 valence electrons. The fourth-order valence-electron chi connectivity index (χ4n) is 1.67. The van der Waals surface area contributed by atoms with Gasteiger partial charge in [0.25, 0.3) is 0 Å². The van der Waals surface area contributed by atoms with Crippen molar-refractivity contribution >= 4 is 11.6 Å². The number of hydrogen-bond acceptors (Lipinski definition) is 3. The second kappa shape index (κ2) is 4.84. The lowest BCUT2D eigenvalue weighted by Crippen LogP contribution is -2.35. The highest BCUT2D eigenvalue weighted by atomic mass is 35.5. The average Bonchev–Trinajstić information content (AvgIpc) is 2.24. The van der Waals surface area contributed by atoms with Gasteiger partial charge in [0.2, 0.25) is 0 Å². The van der Waals surface area contributed by atoms with Crippen LogP contribution >= 0.6 is 11.6 Å². The van der Waals surface area contributed by atoms with Gasteiger partial charge in [0.15, 0.2) is 0 Å². The molecule has 3 nitrogen and oxygen atoms in total. The number of rotatable bonds is 2. The van der Waals surface area contributed by atoms with Gasteiger partial charge in [-0.1, -0.05) is 17.7 Å². The monoisotopic (exact) mass is 227 g/mol. The molecule has 0 saturated carbocycles. The molecule has 0 atom stereocenters. The van der Waals surface area contributed by atoms with Gasteiger partial charge in [-0.2, -0.15) is 0 Å². The third-order valence-electron chi connectivity index (χ3n) is 2.55. The van der Waals surface area contributed by atoms with Gasteiger partial charge in [-0.25, -0.2) is 0 Å². The number of ether oxygens (including phenoxy) is 1. The lowest BCUT2D eigenvalue weighted by atomic mass is 10.2. The van der Waals surface area contributed by atoms with Crippen molar-refractivity contribution in [3.8, 4) is 5.75 Å². The molecule has 1 fully saturated rings. The van der Waals surface area contributed by atoms with Crippen molar-refractivity contribution in [1.82, 2.24) is 4.90 Å². The minimum atomic E-state index is 0.272. The average molecular weight is 228 g/mol. The summed E-state index contributed by atoms with van der Waals surface area (Å²) in [6.07, 6.45) is 0. The first-order valence-corrected chi connectivity index (χ1v) is 5.41. The molecule has 0 spiro atoms. The van der Waals surface area contributed by atoms with E-state index in [9.17, 15) is 5.11 Å². The molecule has 1 aliphatic rings. The van der Waals surface area contributed by atoms with Crippen molar-refractivity contribution in [3.05, 3.63) is 28.8 Å². The normalized spacial score (nSPS) is 17.9. The minimum absolute atomic E-state index is 0.272. The van der Waals surface area contributed by atoms with Crippen molar-refractivity contribution in [3.63, 3.8) is 0 Å². The van der Waals surface area contributed by atoms with Crippen LogP contribution in [0.25, 0.3) is 0 Å². The van der Waals surface area contributed by atoms with Crippen LogP contribution in [0.2, 0.25) is 5.02 Å². The molecule has 1 N–H and O–H groups in total. The number of hydrogen-bond donors (Lipinski definition) is 1. The largest absolute Gasteiger partial charge is 0.508 e. The number of aromatic hydroxyl groups is 1. The molecular weight excluding hydrogens is 214 g/mol. The highest BCUT2D eigenvalue weighted by Crippen LogP contribution is 2.23. The summed E-state index contributed by atoms with van der Waals surface area (Å²) in [5, 5.41) is 10.2. The Morgan fingerprint density at radius 3 is 2.73 bits per heavy atom. The maximum absolute atomic E-state index is 9.68. The summed E-state index contributed by atoms with van der Waals surface area (Å²) in [4.78, 5) is 2.26. The Bertz CT molecular complexity index is 337. The van der Waals surface area contributed by atoms with Crippen LogP contribution in [0.4, 0.5) is 0 Å². The highest BCUT2D eigenvalue weighted by molar-refractivity contribution is 6.30. The maximum Gasteiger partial charge on any atom is 0.121 e. The standard InChI is InChI=1S/C11H14ClNO2/c12-10-2-1-9(11(14)7-10)8-13-3-5-15-6-4-13/h1-2,7,14H,3-6,8H2. The summed E-state index contributed by atoms with van der Waals surface area (Å²) in [6.45, 7) is 4.14. The summed E-state index contributed by atoms with van der Waals surface area (Å²) < 4.78 is 5.26. The topological polar surface area (TPSA) is 32.7 Å². The van der Waals surface area contributed by atoms with Gasteiger partial charge >= 0.3 is 0 Å². The van der Waals surface area contributed by atoms with E-state index in [-0.39, 0.29) is 5.75 Å². The zero-order chi connectivity index (χ0) is 10.7. The third kappa shape index (κ3) is 2.84. The predicted octanol–water partition coefficient (Wildman–Crippen LogP) is 1.88. The summed E-state index contributed by atoms with van der Waals surface area (Å²) >= 11 is 5.77. The molecule has 0 bridgehead atoms. The SMILES string of the molecule is Oc1cc(Cl)ccc1CN1CCOCC1. The van der Waals surface area contributed by atoms with Crippen LogP contribution in [-0.4, -0.2) is 36.3 Å². The smallest absolute Gasteiger partial charge is 0.121 e. The van der Waals surface area contributed by atoms with Crippen molar-refractivity contribution in [1.29, 1.82) is 0 Å². The Balaban J connectivity index is 2.03. The number of morpholine rings is 1. The fourth-order valence-corrected chi connectivity index (χ4v) is 1.84. The van der Waals surface area contributed by atoms with E-state index in [1.54, 1.807) is 12.1 Å². The van der Waals surface area contributed by atoms with Crippen LogP contribution in [0.15, 0.2) is 18.2 Å². The Kier molecular flexibility index (Phi) is 3.46. The van der Waals surface area contributed by atoms with E-state index in [1.165, 1.54) is 0 Å². The van der Waals surface area contributed by atoms with Crippen LogP contribution in [0.5, 0.6) is 5.75 Å². The van der Waals surface area contributed by atoms with E-state index >= 15 is 0 Å². The van der Waals surface area contributed by atoms with Crippen LogP contribution in [0, 0.1) is 0 Å². The van der Waals surface area contributed by atoms with Gasteiger partial charge in [-0.15, -0.1) is 0 Å². The molecule has 2 rings (SSSR count). The lowest BCUT2D eigenvalue weighted by molar-refractivity contribution is 0.0339. The van der Waals surface area contributed by atoms with E-state index < -0.39 is 0 Å². The molecule has 1 saturated heterocycles. The number of phenolic OH excluding ortho intramolecular Hbond substituents is 1. The lowest BCUT2D eigenvalue weighted by Gasteiger charge is -2.26. The Morgan fingerprint density at radius 1 is 1.33 bits per heavy atom. The van der Waals surface area contributed by atoms with Crippen molar-refractivity contribution in [2.75, 3.05) is 26.3 Å². The molecule has 1 aromatic carbocycles. The molecule has 0 unspecified atom stereocenters. The zero-order valence-corrected chi connectivity index (χ0v) is 9.20.